The van der Waals surface area contributed by atoms with E-state index in [-0.39, 0.29) is 17.4 Å². The highest BCUT2D eigenvalue weighted by atomic mass is 16.5. The van der Waals surface area contributed by atoms with Crippen molar-refractivity contribution in [2.75, 3.05) is 6.61 Å². The molecular weight excluding hydrogens is 376 g/mol. The molecule has 0 heterocycles. The molecule has 0 aliphatic heterocycles. The standard InChI is InChI=1S/C26H36O4/c1-8-26(9-2,21-11-13-23(30-17-27)19(4)15-21)20-10-12-22(18(3)14-20)29-16-24(28)25(5,6)7/h10-15,17,24,28H,8-9,16H2,1-7H3. The molecule has 0 aromatic heterocycles. The third kappa shape index (κ3) is 5.04. The van der Waals surface area contributed by atoms with Crippen LogP contribution in [0.3, 0.4) is 0 Å². The molecule has 0 amide bonds. The zero-order valence-corrected chi connectivity index (χ0v) is 19.4. The van der Waals surface area contributed by atoms with E-state index in [2.05, 4.69) is 38.1 Å². The van der Waals surface area contributed by atoms with Gasteiger partial charge < -0.3 is 14.6 Å². The van der Waals surface area contributed by atoms with Gasteiger partial charge in [0.2, 0.25) is 0 Å². The number of ether oxygens (including phenoxy) is 2. The second kappa shape index (κ2) is 9.65. The summed E-state index contributed by atoms with van der Waals surface area (Å²) in [7, 11) is 0. The summed E-state index contributed by atoms with van der Waals surface area (Å²) in [6, 6.07) is 12.4. The maximum absolute atomic E-state index is 10.7. The SMILES string of the molecule is CCC(CC)(c1ccc(OC=O)c(C)c1)c1ccc(OCC(O)C(C)(C)C)c(C)c1. The van der Waals surface area contributed by atoms with Crippen LogP contribution in [-0.4, -0.2) is 24.3 Å². The van der Waals surface area contributed by atoms with Crippen LogP contribution in [0.25, 0.3) is 0 Å². The van der Waals surface area contributed by atoms with Crippen molar-refractivity contribution in [3.05, 3.63) is 58.7 Å². The van der Waals surface area contributed by atoms with Crippen molar-refractivity contribution in [3.8, 4) is 11.5 Å². The summed E-state index contributed by atoms with van der Waals surface area (Å²) < 4.78 is 11.0. The molecule has 2 rings (SSSR count). The zero-order chi connectivity index (χ0) is 22.5. The van der Waals surface area contributed by atoms with Crippen LogP contribution in [0.1, 0.15) is 69.7 Å². The molecule has 0 aliphatic rings. The number of rotatable bonds is 9. The lowest BCUT2D eigenvalue weighted by atomic mass is 9.70. The molecule has 4 heteroatoms. The van der Waals surface area contributed by atoms with Gasteiger partial charge >= 0.3 is 0 Å². The molecule has 0 radical (unpaired) electrons. The Hall–Kier alpha value is -2.33. The lowest BCUT2D eigenvalue weighted by Gasteiger charge is -2.34. The van der Waals surface area contributed by atoms with E-state index >= 15 is 0 Å². The van der Waals surface area contributed by atoms with Crippen LogP contribution in [-0.2, 0) is 10.2 Å². The monoisotopic (exact) mass is 412 g/mol. The Morgan fingerprint density at radius 3 is 1.83 bits per heavy atom. The first-order chi connectivity index (χ1) is 14.1. The number of hydrogen-bond donors (Lipinski definition) is 1. The summed E-state index contributed by atoms with van der Waals surface area (Å²) in [5.74, 6) is 1.39. The van der Waals surface area contributed by atoms with Gasteiger partial charge in [0, 0.05) is 5.41 Å². The van der Waals surface area contributed by atoms with Crippen LogP contribution in [0.15, 0.2) is 36.4 Å². The van der Waals surface area contributed by atoms with Gasteiger partial charge in [-0.25, -0.2) is 0 Å². The van der Waals surface area contributed by atoms with E-state index in [1.807, 2.05) is 46.8 Å². The first-order valence-corrected chi connectivity index (χ1v) is 10.7. The zero-order valence-electron chi connectivity index (χ0n) is 19.4. The van der Waals surface area contributed by atoms with Crippen molar-refractivity contribution in [3.63, 3.8) is 0 Å². The number of hydrogen-bond acceptors (Lipinski definition) is 4. The van der Waals surface area contributed by atoms with Crippen LogP contribution < -0.4 is 9.47 Å². The lowest BCUT2D eigenvalue weighted by molar-refractivity contribution is -0.120. The van der Waals surface area contributed by atoms with E-state index < -0.39 is 6.10 Å². The molecule has 2 aromatic rings. The maximum atomic E-state index is 10.7. The Labute approximate surface area is 181 Å². The summed E-state index contributed by atoms with van der Waals surface area (Å²) in [4.78, 5) is 10.7. The smallest absolute Gasteiger partial charge is 0.298 e. The first kappa shape index (κ1) is 23.9. The van der Waals surface area contributed by atoms with Crippen molar-refractivity contribution in [2.24, 2.45) is 5.41 Å². The van der Waals surface area contributed by atoms with E-state index in [0.717, 1.165) is 29.7 Å². The van der Waals surface area contributed by atoms with Gasteiger partial charge in [-0.2, -0.15) is 0 Å². The number of benzene rings is 2. The third-order valence-electron chi connectivity index (χ3n) is 6.23. The summed E-state index contributed by atoms with van der Waals surface area (Å²) in [5.41, 5.74) is 4.08. The fraction of sp³-hybridized carbons (Fsp3) is 0.500. The molecule has 0 spiro atoms. The van der Waals surface area contributed by atoms with Crippen molar-refractivity contribution < 1.29 is 19.4 Å². The van der Waals surface area contributed by atoms with Crippen LogP contribution in [0, 0.1) is 19.3 Å². The Morgan fingerprint density at radius 1 is 0.933 bits per heavy atom. The number of carbonyl (C=O) groups is 1. The third-order valence-corrected chi connectivity index (χ3v) is 6.23. The highest BCUT2D eigenvalue weighted by molar-refractivity contribution is 5.51. The molecule has 0 saturated carbocycles. The largest absolute Gasteiger partial charge is 0.491 e. The first-order valence-electron chi connectivity index (χ1n) is 10.7. The minimum absolute atomic E-state index is 0.140. The molecule has 2 aromatic carbocycles. The molecule has 0 bridgehead atoms. The van der Waals surface area contributed by atoms with E-state index in [1.165, 1.54) is 11.1 Å². The van der Waals surface area contributed by atoms with Crippen molar-refractivity contribution >= 4 is 6.47 Å². The summed E-state index contributed by atoms with van der Waals surface area (Å²) in [6.07, 6.45) is 1.36. The highest BCUT2D eigenvalue weighted by Gasteiger charge is 2.31. The van der Waals surface area contributed by atoms with Gasteiger partial charge in [-0.3, -0.25) is 4.79 Å². The fourth-order valence-corrected chi connectivity index (χ4v) is 3.89. The van der Waals surface area contributed by atoms with E-state index in [1.54, 1.807) is 0 Å². The van der Waals surface area contributed by atoms with Gasteiger partial charge in [0.05, 0.1) is 6.10 Å². The van der Waals surface area contributed by atoms with Gasteiger partial charge in [0.1, 0.15) is 18.1 Å². The second-order valence-electron chi connectivity index (χ2n) is 9.16. The van der Waals surface area contributed by atoms with E-state index in [4.69, 9.17) is 9.47 Å². The molecule has 1 N–H and O–H groups in total. The maximum Gasteiger partial charge on any atom is 0.298 e. The van der Waals surface area contributed by atoms with Crippen LogP contribution >= 0.6 is 0 Å². The lowest BCUT2D eigenvalue weighted by Crippen LogP contribution is -2.32. The van der Waals surface area contributed by atoms with Crippen molar-refractivity contribution in [1.82, 2.24) is 0 Å². The van der Waals surface area contributed by atoms with Gasteiger partial charge in [0.15, 0.2) is 0 Å². The number of aliphatic hydroxyl groups is 1. The molecule has 30 heavy (non-hydrogen) atoms. The summed E-state index contributed by atoms with van der Waals surface area (Å²) in [6.45, 7) is 15.2. The van der Waals surface area contributed by atoms with Crippen molar-refractivity contribution in [1.29, 1.82) is 0 Å². The van der Waals surface area contributed by atoms with Gasteiger partial charge in [-0.15, -0.1) is 0 Å². The molecular formula is C26H36O4. The van der Waals surface area contributed by atoms with Crippen molar-refractivity contribution in [2.45, 2.75) is 72.8 Å². The molecule has 0 saturated heterocycles. The molecule has 4 nitrogen and oxygen atoms in total. The summed E-state index contributed by atoms with van der Waals surface area (Å²) >= 11 is 0. The van der Waals surface area contributed by atoms with E-state index in [9.17, 15) is 9.90 Å². The number of aryl methyl sites for hydroxylation is 2. The van der Waals surface area contributed by atoms with E-state index in [0.29, 0.717) is 12.2 Å². The minimum atomic E-state index is -0.531. The van der Waals surface area contributed by atoms with Crippen LogP contribution in [0.5, 0.6) is 11.5 Å². The average molecular weight is 413 g/mol. The molecule has 164 valence electrons. The topological polar surface area (TPSA) is 55.8 Å². The highest BCUT2D eigenvalue weighted by Crippen LogP contribution is 2.41. The predicted octanol–water partition coefficient (Wildman–Crippen LogP) is 5.73. The van der Waals surface area contributed by atoms with Gasteiger partial charge in [-0.05, 0) is 66.5 Å². The van der Waals surface area contributed by atoms with Crippen LogP contribution in [0.4, 0.5) is 0 Å². The molecule has 0 fully saturated rings. The predicted molar refractivity (Wildman–Crippen MR) is 121 cm³/mol. The Balaban J connectivity index is 2.37. The average Bonchev–Trinajstić information content (AvgIpc) is 2.69. The second-order valence-corrected chi connectivity index (χ2v) is 9.16. The number of aliphatic hydroxyl groups excluding tert-OH is 1. The minimum Gasteiger partial charge on any atom is -0.491 e. The normalized spacial score (nSPS) is 13.1. The van der Waals surface area contributed by atoms with Gasteiger partial charge in [0.25, 0.3) is 6.47 Å². The molecule has 0 aliphatic carbocycles. The van der Waals surface area contributed by atoms with Crippen LogP contribution in [0.2, 0.25) is 0 Å². The fourth-order valence-electron chi connectivity index (χ4n) is 3.89. The van der Waals surface area contributed by atoms with Gasteiger partial charge in [-0.1, -0.05) is 58.9 Å². The molecule has 1 unspecified atom stereocenters. The Kier molecular flexibility index (Phi) is 7.70. The Morgan fingerprint density at radius 2 is 1.43 bits per heavy atom. The number of carbonyl (C=O) groups excluding carboxylic acids is 1. The quantitative estimate of drug-likeness (QED) is 0.534. The summed E-state index contributed by atoms with van der Waals surface area (Å²) in [5, 5.41) is 10.3. The Bertz CT molecular complexity index is 860. The molecule has 1 atom stereocenters.